The summed E-state index contributed by atoms with van der Waals surface area (Å²) in [4.78, 5) is 5.32. The minimum atomic E-state index is -0.758. The van der Waals surface area contributed by atoms with Crippen LogP contribution in [0.25, 0.3) is 0 Å². The highest BCUT2D eigenvalue weighted by atomic mass is 79.9. The summed E-state index contributed by atoms with van der Waals surface area (Å²) in [5, 5.41) is 0.574. The summed E-state index contributed by atoms with van der Waals surface area (Å²) in [6.07, 6.45) is 1.05. The van der Waals surface area contributed by atoms with E-state index in [0.29, 0.717) is 5.02 Å². The van der Waals surface area contributed by atoms with Gasteiger partial charge in [0.1, 0.15) is 12.2 Å². The molecule has 1 aromatic rings. The van der Waals surface area contributed by atoms with Gasteiger partial charge in [0.2, 0.25) is 0 Å². The molecule has 1 saturated heterocycles. The first-order chi connectivity index (χ1) is 7.67. The van der Waals surface area contributed by atoms with Gasteiger partial charge in [-0.25, -0.2) is 4.39 Å². The van der Waals surface area contributed by atoms with Gasteiger partial charge < -0.3 is 0 Å². The van der Waals surface area contributed by atoms with Gasteiger partial charge in [-0.3, -0.25) is 4.84 Å². The summed E-state index contributed by atoms with van der Waals surface area (Å²) in [7, 11) is 0. The van der Waals surface area contributed by atoms with E-state index in [0.717, 1.165) is 16.5 Å². The molecule has 1 aromatic carbocycles. The Morgan fingerprint density at radius 2 is 2.44 bits per heavy atom. The Morgan fingerprint density at radius 1 is 1.62 bits per heavy atom. The van der Waals surface area contributed by atoms with Gasteiger partial charge in [0, 0.05) is 15.4 Å². The number of fused-ring (bicyclic) bond motifs is 1. The van der Waals surface area contributed by atoms with Gasteiger partial charge in [0.15, 0.2) is 0 Å². The summed E-state index contributed by atoms with van der Waals surface area (Å²) in [5.41, 5.74) is 2.84. The number of halogens is 3. The molecular weight excluding hydrogens is 296 g/mol. The molecule has 3 rings (SSSR count). The van der Waals surface area contributed by atoms with Crippen LogP contribution >= 0.6 is 27.5 Å². The molecule has 0 aromatic heterocycles. The second-order valence-electron chi connectivity index (χ2n) is 4.33. The molecule has 1 heterocycles. The SMILES string of the molecule is FC[C@]1(c2cc(Br)ccc2Cl)NOC2C[C@@H]21. The zero-order valence-electron chi connectivity index (χ0n) is 8.34. The number of benzene rings is 1. The van der Waals surface area contributed by atoms with Crippen molar-refractivity contribution < 1.29 is 9.23 Å². The van der Waals surface area contributed by atoms with Gasteiger partial charge in [0.05, 0.1) is 6.10 Å². The summed E-state index contributed by atoms with van der Waals surface area (Å²) in [6, 6.07) is 5.48. The molecule has 16 heavy (non-hydrogen) atoms. The Morgan fingerprint density at radius 3 is 3.00 bits per heavy atom. The number of hydroxylamine groups is 1. The van der Waals surface area contributed by atoms with E-state index in [1.807, 2.05) is 12.1 Å². The van der Waals surface area contributed by atoms with Gasteiger partial charge in [-0.1, -0.05) is 27.5 Å². The zero-order valence-corrected chi connectivity index (χ0v) is 10.7. The Kier molecular flexibility index (Phi) is 2.51. The molecule has 2 aliphatic rings. The number of alkyl halides is 1. The fourth-order valence-corrected chi connectivity index (χ4v) is 3.02. The van der Waals surface area contributed by atoms with E-state index in [1.165, 1.54) is 0 Å². The molecule has 1 saturated carbocycles. The van der Waals surface area contributed by atoms with Gasteiger partial charge in [-0.2, -0.15) is 5.48 Å². The summed E-state index contributed by atoms with van der Waals surface area (Å²) >= 11 is 9.53. The van der Waals surface area contributed by atoms with E-state index >= 15 is 0 Å². The van der Waals surface area contributed by atoms with Crippen LogP contribution in [0.1, 0.15) is 12.0 Å². The van der Waals surface area contributed by atoms with Crippen molar-refractivity contribution in [3.63, 3.8) is 0 Å². The maximum atomic E-state index is 13.4. The van der Waals surface area contributed by atoms with Crippen LogP contribution in [0.4, 0.5) is 4.39 Å². The maximum Gasteiger partial charge on any atom is 0.114 e. The molecule has 86 valence electrons. The number of hydrogen-bond acceptors (Lipinski definition) is 2. The summed E-state index contributed by atoms with van der Waals surface area (Å²) in [5.74, 6) is 0.198. The second-order valence-corrected chi connectivity index (χ2v) is 5.65. The topological polar surface area (TPSA) is 21.3 Å². The fraction of sp³-hybridized carbons (Fsp3) is 0.455. The lowest BCUT2D eigenvalue weighted by Gasteiger charge is -2.28. The molecule has 1 aliphatic heterocycles. The predicted molar refractivity (Wildman–Crippen MR) is 62.9 cm³/mol. The van der Waals surface area contributed by atoms with Crippen molar-refractivity contribution in [3.8, 4) is 0 Å². The van der Waals surface area contributed by atoms with Gasteiger partial charge in [0.25, 0.3) is 0 Å². The fourth-order valence-electron chi connectivity index (χ4n) is 2.37. The summed E-state index contributed by atoms with van der Waals surface area (Å²) in [6.45, 7) is -0.510. The lowest BCUT2D eigenvalue weighted by Crippen LogP contribution is -2.42. The van der Waals surface area contributed by atoms with Crippen LogP contribution in [0, 0.1) is 5.92 Å². The third-order valence-electron chi connectivity index (χ3n) is 3.38. The first-order valence-corrected chi connectivity index (χ1v) is 6.29. The average molecular weight is 307 g/mol. The highest BCUT2D eigenvalue weighted by Crippen LogP contribution is 2.54. The van der Waals surface area contributed by atoms with E-state index in [1.54, 1.807) is 6.07 Å². The van der Waals surface area contributed by atoms with Crippen molar-refractivity contribution in [1.82, 2.24) is 5.48 Å². The van der Waals surface area contributed by atoms with Crippen LogP contribution in [0.5, 0.6) is 0 Å². The van der Waals surface area contributed by atoms with E-state index in [2.05, 4.69) is 21.4 Å². The van der Waals surface area contributed by atoms with Crippen molar-refractivity contribution >= 4 is 27.5 Å². The Hall–Kier alpha value is -0.160. The summed E-state index contributed by atoms with van der Waals surface area (Å²) < 4.78 is 14.3. The molecule has 0 bridgehead atoms. The van der Waals surface area contributed by atoms with Crippen molar-refractivity contribution in [2.75, 3.05) is 6.67 Å². The lowest BCUT2D eigenvalue weighted by molar-refractivity contribution is 0.00844. The minimum absolute atomic E-state index is 0.144. The highest BCUT2D eigenvalue weighted by Gasteiger charge is 2.61. The van der Waals surface area contributed by atoms with Crippen LogP contribution in [0.2, 0.25) is 5.02 Å². The molecule has 0 radical (unpaired) electrons. The van der Waals surface area contributed by atoms with Crippen LogP contribution < -0.4 is 5.48 Å². The van der Waals surface area contributed by atoms with E-state index in [-0.39, 0.29) is 12.0 Å². The van der Waals surface area contributed by atoms with Crippen LogP contribution in [0.15, 0.2) is 22.7 Å². The molecule has 3 atom stereocenters. The molecule has 1 N–H and O–H groups in total. The molecule has 0 spiro atoms. The number of rotatable bonds is 2. The van der Waals surface area contributed by atoms with E-state index < -0.39 is 12.2 Å². The third-order valence-corrected chi connectivity index (χ3v) is 4.20. The van der Waals surface area contributed by atoms with Crippen molar-refractivity contribution in [3.05, 3.63) is 33.3 Å². The zero-order chi connectivity index (χ0) is 11.3. The van der Waals surface area contributed by atoms with Crippen molar-refractivity contribution in [2.24, 2.45) is 5.92 Å². The van der Waals surface area contributed by atoms with Crippen molar-refractivity contribution in [1.29, 1.82) is 0 Å². The average Bonchev–Trinajstić information content (AvgIpc) is 2.98. The number of nitrogens with one attached hydrogen (secondary N) is 1. The smallest absolute Gasteiger partial charge is 0.114 e. The van der Waals surface area contributed by atoms with Gasteiger partial charge >= 0.3 is 0 Å². The van der Waals surface area contributed by atoms with Gasteiger partial charge in [-0.15, -0.1) is 0 Å². The van der Waals surface area contributed by atoms with E-state index in [9.17, 15) is 4.39 Å². The Labute approximate surface area is 106 Å². The molecule has 2 nitrogen and oxygen atoms in total. The largest absolute Gasteiger partial charge is 0.297 e. The van der Waals surface area contributed by atoms with Crippen LogP contribution in [-0.4, -0.2) is 12.8 Å². The predicted octanol–water partition coefficient (Wildman–Crippen LogP) is 3.19. The highest BCUT2D eigenvalue weighted by molar-refractivity contribution is 9.10. The number of hydrogen-bond donors (Lipinski definition) is 1. The molecule has 0 amide bonds. The molecule has 5 heteroatoms. The monoisotopic (exact) mass is 305 g/mol. The molecule has 2 fully saturated rings. The molecular formula is C11H10BrClFNO. The first kappa shape index (κ1) is 11.0. The van der Waals surface area contributed by atoms with E-state index in [4.69, 9.17) is 16.4 Å². The normalized spacial score (nSPS) is 36.2. The Balaban J connectivity index is 2.09. The second kappa shape index (κ2) is 3.67. The van der Waals surface area contributed by atoms with Crippen molar-refractivity contribution in [2.45, 2.75) is 18.1 Å². The lowest BCUT2D eigenvalue weighted by atomic mass is 9.87. The minimum Gasteiger partial charge on any atom is -0.297 e. The third kappa shape index (κ3) is 1.44. The maximum absolute atomic E-state index is 13.4. The quantitative estimate of drug-likeness (QED) is 0.906. The van der Waals surface area contributed by atoms with Crippen LogP contribution in [-0.2, 0) is 10.4 Å². The molecule has 1 unspecified atom stereocenters. The van der Waals surface area contributed by atoms with Crippen LogP contribution in [0.3, 0.4) is 0 Å². The first-order valence-electron chi connectivity index (χ1n) is 5.12. The molecule has 1 aliphatic carbocycles. The van der Waals surface area contributed by atoms with Gasteiger partial charge in [-0.05, 0) is 30.2 Å². The standard InChI is InChI=1S/C11H10BrClFNO/c12-6-1-2-9(13)7(3-6)11(5-14)8-4-10(8)16-15-11/h1-3,8,10,15H,4-5H2/t8-,10?,11+/m0/s1. The Bertz CT molecular complexity index is 444.